The lowest BCUT2D eigenvalue weighted by Gasteiger charge is -2.07. The minimum Gasteiger partial charge on any atom is -0.497 e. The number of carbonyl (C=O) groups is 1. The van der Waals surface area contributed by atoms with Crippen molar-refractivity contribution in [3.63, 3.8) is 0 Å². The number of nitrogens with zero attached hydrogens (tertiary/aromatic N) is 2. The number of ether oxygens (including phenoxy) is 1. The molecule has 3 aromatic rings. The second kappa shape index (κ2) is 8.31. The number of furan rings is 1. The van der Waals surface area contributed by atoms with E-state index < -0.39 is 5.91 Å². The van der Waals surface area contributed by atoms with E-state index in [-0.39, 0.29) is 5.57 Å². The second-order valence-electron chi connectivity index (χ2n) is 6.34. The molecule has 3 rings (SSSR count). The molecule has 2 aromatic heterocycles. The maximum Gasteiger partial charge on any atom is 0.266 e. The molecule has 0 bridgehead atoms. The maximum atomic E-state index is 12.5. The van der Waals surface area contributed by atoms with Crippen LogP contribution in [0, 0.1) is 25.2 Å². The number of benzene rings is 1. The highest BCUT2D eigenvalue weighted by Gasteiger charge is 2.14. The van der Waals surface area contributed by atoms with Crippen LogP contribution in [-0.4, -0.2) is 17.6 Å². The Morgan fingerprint density at radius 1 is 1.29 bits per heavy atom. The number of hydrogen-bond donors (Lipinski definition) is 1. The van der Waals surface area contributed by atoms with Gasteiger partial charge in [0.2, 0.25) is 0 Å². The number of rotatable bonds is 6. The number of amides is 1. The van der Waals surface area contributed by atoms with Gasteiger partial charge in [-0.15, -0.1) is 0 Å². The molecule has 6 heteroatoms. The van der Waals surface area contributed by atoms with Crippen LogP contribution < -0.4 is 10.1 Å². The zero-order valence-electron chi connectivity index (χ0n) is 16.0. The predicted molar refractivity (Wildman–Crippen MR) is 107 cm³/mol. The third kappa shape index (κ3) is 4.15. The molecule has 1 aromatic carbocycles. The minimum absolute atomic E-state index is 0.0362. The van der Waals surface area contributed by atoms with E-state index in [1.165, 1.54) is 0 Å². The van der Waals surface area contributed by atoms with Crippen molar-refractivity contribution in [3.05, 3.63) is 77.0 Å². The van der Waals surface area contributed by atoms with Gasteiger partial charge in [-0.25, -0.2) is 0 Å². The summed E-state index contributed by atoms with van der Waals surface area (Å²) in [5.74, 6) is 1.08. The fraction of sp³-hybridized carbons (Fsp3) is 0.182. The molecule has 0 aliphatic carbocycles. The molecule has 0 aliphatic rings. The quantitative estimate of drug-likeness (QED) is 0.514. The van der Waals surface area contributed by atoms with E-state index >= 15 is 0 Å². The molecule has 0 unspecified atom stereocenters. The molecule has 0 saturated carbocycles. The van der Waals surface area contributed by atoms with Crippen molar-refractivity contribution in [3.8, 4) is 11.8 Å². The average molecular weight is 375 g/mol. The van der Waals surface area contributed by atoms with E-state index in [9.17, 15) is 10.1 Å². The molecular weight excluding hydrogens is 354 g/mol. The van der Waals surface area contributed by atoms with Gasteiger partial charge in [0.05, 0.1) is 19.9 Å². The van der Waals surface area contributed by atoms with E-state index in [4.69, 9.17) is 9.15 Å². The number of anilines is 1. The minimum atomic E-state index is -0.455. The third-order valence-corrected chi connectivity index (χ3v) is 4.52. The van der Waals surface area contributed by atoms with Crippen molar-refractivity contribution in [2.24, 2.45) is 0 Å². The molecule has 0 saturated heterocycles. The first kappa shape index (κ1) is 19.1. The van der Waals surface area contributed by atoms with Crippen molar-refractivity contribution < 1.29 is 13.9 Å². The van der Waals surface area contributed by atoms with Crippen molar-refractivity contribution in [2.45, 2.75) is 20.4 Å². The molecule has 142 valence electrons. The highest BCUT2D eigenvalue weighted by molar-refractivity contribution is 6.09. The topological polar surface area (TPSA) is 80.2 Å². The van der Waals surface area contributed by atoms with Gasteiger partial charge in [-0.2, -0.15) is 5.26 Å². The summed E-state index contributed by atoms with van der Waals surface area (Å²) in [4.78, 5) is 12.5. The average Bonchev–Trinajstić information content (AvgIpc) is 3.30. The number of aryl methyl sites for hydroxylation is 1. The standard InChI is InChI=1S/C22H21N3O3/c1-15-11-17(16(2)25(15)14-21-5-4-10-28-21)12-18(13-23)22(26)24-19-6-8-20(27-3)9-7-19/h4-12H,14H2,1-3H3,(H,24,26)/b18-12+. The van der Waals surface area contributed by atoms with E-state index in [0.717, 1.165) is 22.7 Å². The normalized spacial score (nSPS) is 11.1. The Kier molecular flexibility index (Phi) is 5.66. The molecule has 6 nitrogen and oxygen atoms in total. The summed E-state index contributed by atoms with van der Waals surface area (Å²) in [7, 11) is 1.58. The zero-order valence-corrected chi connectivity index (χ0v) is 16.0. The van der Waals surface area contributed by atoms with Crippen molar-refractivity contribution >= 4 is 17.7 Å². The van der Waals surface area contributed by atoms with Crippen LogP contribution in [0.15, 0.2) is 58.7 Å². The fourth-order valence-corrected chi connectivity index (χ4v) is 2.95. The van der Waals surface area contributed by atoms with Crippen molar-refractivity contribution in [1.82, 2.24) is 4.57 Å². The van der Waals surface area contributed by atoms with Gasteiger partial charge in [-0.3, -0.25) is 4.79 Å². The van der Waals surface area contributed by atoms with Gasteiger partial charge in [-0.1, -0.05) is 0 Å². The van der Waals surface area contributed by atoms with Crippen LogP contribution in [0.2, 0.25) is 0 Å². The summed E-state index contributed by atoms with van der Waals surface area (Å²) in [5.41, 5.74) is 3.43. The molecule has 28 heavy (non-hydrogen) atoms. The van der Waals surface area contributed by atoms with Gasteiger partial charge in [0.25, 0.3) is 5.91 Å². The van der Waals surface area contributed by atoms with Crippen LogP contribution in [-0.2, 0) is 11.3 Å². The Morgan fingerprint density at radius 3 is 2.64 bits per heavy atom. The number of carbonyl (C=O) groups excluding carboxylic acids is 1. The maximum absolute atomic E-state index is 12.5. The summed E-state index contributed by atoms with van der Waals surface area (Å²) in [5, 5.41) is 12.2. The van der Waals surface area contributed by atoms with E-state index in [2.05, 4.69) is 9.88 Å². The summed E-state index contributed by atoms with van der Waals surface area (Å²) < 4.78 is 12.6. The molecule has 0 radical (unpaired) electrons. The van der Waals surface area contributed by atoms with Gasteiger partial charge >= 0.3 is 0 Å². The number of nitrogens with one attached hydrogen (secondary N) is 1. The van der Waals surface area contributed by atoms with Gasteiger partial charge in [0.1, 0.15) is 23.2 Å². The smallest absolute Gasteiger partial charge is 0.266 e. The molecule has 2 heterocycles. The van der Waals surface area contributed by atoms with Crippen LogP contribution in [0.4, 0.5) is 5.69 Å². The van der Waals surface area contributed by atoms with Gasteiger partial charge in [-0.05, 0) is 68.0 Å². The number of nitriles is 1. The van der Waals surface area contributed by atoms with Gasteiger partial charge in [0, 0.05) is 17.1 Å². The Balaban J connectivity index is 1.81. The largest absolute Gasteiger partial charge is 0.497 e. The first-order valence-electron chi connectivity index (χ1n) is 8.78. The summed E-state index contributed by atoms with van der Waals surface area (Å²) in [6.45, 7) is 4.54. The lowest BCUT2D eigenvalue weighted by atomic mass is 10.1. The Bertz CT molecular complexity index is 1040. The van der Waals surface area contributed by atoms with Crippen LogP contribution in [0.5, 0.6) is 5.75 Å². The summed E-state index contributed by atoms with van der Waals surface area (Å²) in [6.07, 6.45) is 3.25. The number of hydrogen-bond acceptors (Lipinski definition) is 4. The highest BCUT2D eigenvalue weighted by Crippen LogP contribution is 2.21. The molecule has 0 fully saturated rings. The molecule has 0 atom stereocenters. The van der Waals surface area contributed by atoms with E-state index in [1.54, 1.807) is 43.7 Å². The fourth-order valence-electron chi connectivity index (χ4n) is 2.95. The van der Waals surface area contributed by atoms with Crippen LogP contribution in [0.3, 0.4) is 0 Å². The Morgan fingerprint density at radius 2 is 2.04 bits per heavy atom. The van der Waals surface area contributed by atoms with Gasteiger partial charge in [0.15, 0.2) is 0 Å². The van der Waals surface area contributed by atoms with E-state index in [0.29, 0.717) is 18.0 Å². The second-order valence-corrected chi connectivity index (χ2v) is 6.34. The lowest BCUT2D eigenvalue weighted by molar-refractivity contribution is -0.112. The number of methoxy groups -OCH3 is 1. The summed E-state index contributed by atoms with van der Waals surface area (Å²) in [6, 6.07) is 14.6. The van der Waals surface area contributed by atoms with Crippen LogP contribution in [0.1, 0.15) is 22.7 Å². The highest BCUT2D eigenvalue weighted by atomic mass is 16.5. The number of aromatic nitrogens is 1. The Labute approximate surface area is 163 Å². The first-order chi connectivity index (χ1) is 13.5. The van der Waals surface area contributed by atoms with Gasteiger partial charge < -0.3 is 19.0 Å². The SMILES string of the molecule is COc1ccc(NC(=O)/C(C#N)=C/c2cc(C)n(Cc3ccco3)c2C)cc1. The van der Waals surface area contributed by atoms with E-state index in [1.807, 2.05) is 38.1 Å². The van der Waals surface area contributed by atoms with Crippen molar-refractivity contribution in [1.29, 1.82) is 5.26 Å². The molecular formula is C22H21N3O3. The zero-order chi connectivity index (χ0) is 20.1. The molecule has 1 N–H and O–H groups in total. The predicted octanol–water partition coefficient (Wildman–Crippen LogP) is 4.30. The third-order valence-electron chi connectivity index (χ3n) is 4.52. The first-order valence-corrected chi connectivity index (χ1v) is 8.78. The van der Waals surface area contributed by atoms with Crippen LogP contribution in [0.25, 0.3) is 6.08 Å². The lowest BCUT2D eigenvalue weighted by Crippen LogP contribution is -2.13. The van der Waals surface area contributed by atoms with Crippen molar-refractivity contribution in [2.75, 3.05) is 12.4 Å². The summed E-state index contributed by atoms with van der Waals surface area (Å²) >= 11 is 0. The molecule has 0 spiro atoms. The Hall–Kier alpha value is -3.72. The van der Waals surface area contributed by atoms with Crippen LogP contribution >= 0.6 is 0 Å². The molecule has 1 amide bonds. The molecule has 0 aliphatic heterocycles. The monoisotopic (exact) mass is 375 g/mol.